The van der Waals surface area contributed by atoms with Gasteiger partial charge in [-0.2, -0.15) is 0 Å². The van der Waals surface area contributed by atoms with Crippen molar-refractivity contribution in [3.05, 3.63) is 52.3 Å². The third-order valence-electron chi connectivity index (χ3n) is 5.37. The fourth-order valence-electron chi connectivity index (χ4n) is 3.75. The second-order valence-corrected chi connectivity index (χ2v) is 8.16. The van der Waals surface area contributed by atoms with Crippen LogP contribution in [0.3, 0.4) is 0 Å². The van der Waals surface area contributed by atoms with Crippen LogP contribution in [-0.4, -0.2) is 40.1 Å². The standard InChI is InChI=1S/C22H30N4OS/c1-16-20(17(2)25-22(24-16)28-3)10-11-21(27)23-14-18-8-4-5-9-19(18)15-26-12-6-7-13-26/h4-5,8-9H,6-7,10-15H2,1-3H3,(H,23,27). The molecule has 150 valence electrons. The van der Waals surface area contributed by atoms with Crippen LogP contribution < -0.4 is 5.32 Å². The molecule has 0 radical (unpaired) electrons. The SMILES string of the molecule is CSc1nc(C)c(CCC(=O)NCc2ccccc2CN2CCCC2)c(C)n1. The van der Waals surface area contributed by atoms with Crippen molar-refractivity contribution >= 4 is 17.7 Å². The molecule has 3 rings (SSSR count). The molecule has 1 fully saturated rings. The van der Waals surface area contributed by atoms with E-state index in [2.05, 4.69) is 38.4 Å². The number of aromatic nitrogens is 2. The maximum absolute atomic E-state index is 12.4. The Balaban J connectivity index is 1.54. The molecule has 0 aliphatic carbocycles. The molecule has 2 heterocycles. The van der Waals surface area contributed by atoms with Gasteiger partial charge in [-0.05, 0) is 69.1 Å². The lowest BCUT2D eigenvalue weighted by Gasteiger charge is -2.18. The summed E-state index contributed by atoms with van der Waals surface area (Å²) in [5.74, 6) is 0.0729. The molecule has 0 atom stereocenters. The number of rotatable bonds is 8. The van der Waals surface area contributed by atoms with E-state index in [0.29, 0.717) is 19.4 Å². The molecule has 5 nitrogen and oxygen atoms in total. The molecular weight excluding hydrogens is 368 g/mol. The first kappa shape index (κ1) is 20.8. The highest BCUT2D eigenvalue weighted by atomic mass is 32.2. The maximum Gasteiger partial charge on any atom is 0.220 e. The predicted molar refractivity (Wildman–Crippen MR) is 114 cm³/mol. The van der Waals surface area contributed by atoms with Crippen LogP contribution in [0.25, 0.3) is 0 Å². The molecule has 6 heteroatoms. The Morgan fingerprint density at radius 3 is 2.39 bits per heavy atom. The molecular formula is C22H30N4OS. The highest BCUT2D eigenvalue weighted by Crippen LogP contribution is 2.18. The Bertz CT molecular complexity index is 795. The smallest absolute Gasteiger partial charge is 0.220 e. The van der Waals surface area contributed by atoms with E-state index < -0.39 is 0 Å². The van der Waals surface area contributed by atoms with Crippen molar-refractivity contribution in [2.75, 3.05) is 19.3 Å². The van der Waals surface area contributed by atoms with E-state index in [0.717, 1.165) is 28.7 Å². The van der Waals surface area contributed by atoms with Crippen LogP contribution in [0, 0.1) is 13.8 Å². The van der Waals surface area contributed by atoms with Gasteiger partial charge in [0.2, 0.25) is 5.91 Å². The Morgan fingerprint density at radius 1 is 1.11 bits per heavy atom. The van der Waals surface area contributed by atoms with Crippen LogP contribution >= 0.6 is 11.8 Å². The van der Waals surface area contributed by atoms with Gasteiger partial charge in [-0.25, -0.2) is 9.97 Å². The number of nitrogens with one attached hydrogen (secondary N) is 1. The molecule has 1 N–H and O–H groups in total. The van der Waals surface area contributed by atoms with Gasteiger partial charge in [0.15, 0.2) is 5.16 Å². The van der Waals surface area contributed by atoms with Gasteiger partial charge in [0.1, 0.15) is 0 Å². The van der Waals surface area contributed by atoms with Gasteiger partial charge < -0.3 is 5.32 Å². The molecule has 1 aliphatic heterocycles. The summed E-state index contributed by atoms with van der Waals surface area (Å²) in [7, 11) is 0. The maximum atomic E-state index is 12.4. The van der Waals surface area contributed by atoms with E-state index >= 15 is 0 Å². The van der Waals surface area contributed by atoms with Crippen LogP contribution in [0.5, 0.6) is 0 Å². The van der Waals surface area contributed by atoms with Gasteiger partial charge in [-0.15, -0.1) is 0 Å². The zero-order valence-corrected chi connectivity index (χ0v) is 17.9. The third-order valence-corrected chi connectivity index (χ3v) is 5.92. The van der Waals surface area contributed by atoms with Gasteiger partial charge in [0.25, 0.3) is 0 Å². The first-order valence-electron chi connectivity index (χ1n) is 10.0. The number of amides is 1. The molecule has 28 heavy (non-hydrogen) atoms. The van der Waals surface area contributed by atoms with Crippen LogP contribution in [0.2, 0.25) is 0 Å². The molecule has 0 bridgehead atoms. The van der Waals surface area contributed by atoms with E-state index in [-0.39, 0.29) is 5.91 Å². The van der Waals surface area contributed by atoms with E-state index in [1.54, 1.807) is 11.8 Å². The Morgan fingerprint density at radius 2 is 1.75 bits per heavy atom. The van der Waals surface area contributed by atoms with Crippen molar-refractivity contribution < 1.29 is 4.79 Å². The van der Waals surface area contributed by atoms with Gasteiger partial charge in [0, 0.05) is 30.9 Å². The van der Waals surface area contributed by atoms with E-state index in [9.17, 15) is 4.79 Å². The van der Waals surface area contributed by atoms with Gasteiger partial charge in [-0.1, -0.05) is 36.0 Å². The van der Waals surface area contributed by atoms with Crippen LogP contribution in [0.15, 0.2) is 29.4 Å². The summed E-state index contributed by atoms with van der Waals surface area (Å²) in [4.78, 5) is 23.9. The summed E-state index contributed by atoms with van der Waals surface area (Å²) in [5, 5.41) is 3.88. The molecule has 1 aromatic heterocycles. The van der Waals surface area contributed by atoms with Crippen LogP contribution in [0.4, 0.5) is 0 Å². The number of aryl methyl sites for hydroxylation is 2. The highest BCUT2D eigenvalue weighted by Gasteiger charge is 2.14. The topological polar surface area (TPSA) is 58.1 Å². The van der Waals surface area contributed by atoms with Crippen molar-refractivity contribution in [1.29, 1.82) is 0 Å². The lowest BCUT2D eigenvalue weighted by atomic mass is 10.1. The zero-order chi connectivity index (χ0) is 19.9. The monoisotopic (exact) mass is 398 g/mol. The van der Waals surface area contributed by atoms with Crippen molar-refractivity contribution in [3.63, 3.8) is 0 Å². The van der Waals surface area contributed by atoms with Crippen molar-refractivity contribution in [3.8, 4) is 0 Å². The summed E-state index contributed by atoms with van der Waals surface area (Å²) in [6.45, 7) is 7.91. The quantitative estimate of drug-likeness (QED) is 0.543. The Labute approximate surface area is 172 Å². The largest absolute Gasteiger partial charge is 0.352 e. The van der Waals surface area contributed by atoms with E-state index in [1.807, 2.05) is 26.2 Å². The second kappa shape index (κ2) is 10.0. The van der Waals surface area contributed by atoms with E-state index in [1.165, 1.54) is 37.1 Å². The molecule has 1 aliphatic rings. The van der Waals surface area contributed by atoms with Gasteiger partial charge in [-0.3, -0.25) is 9.69 Å². The number of likely N-dealkylation sites (tertiary alicyclic amines) is 1. The van der Waals surface area contributed by atoms with Crippen molar-refractivity contribution in [1.82, 2.24) is 20.2 Å². The summed E-state index contributed by atoms with van der Waals surface area (Å²) in [5.41, 5.74) is 5.56. The summed E-state index contributed by atoms with van der Waals surface area (Å²) in [6, 6.07) is 8.43. The summed E-state index contributed by atoms with van der Waals surface area (Å²) in [6.07, 6.45) is 5.69. The lowest BCUT2D eigenvalue weighted by molar-refractivity contribution is -0.121. The number of nitrogens with zero attached hydrogens (tertiary/aromatic N) is 3. The molecule has 2 aromatic rings. The number of hydrogen-bond donors (Lipinski definition) is 1. The summed E-state index contributed by atoms with van der Waals surface area (Å²) >= 11 is 1.54. The first-order chi connectivity index (χ1) is 13.6. The number of hydrogen-bond acceptors (Lipinski definition) is 5. The van der Waals surface area contributed by atoms with Crippen molar-refractivity contribution in [2.45, 2.75) is 57.8 Å². The van der Waals surface area contributed by atoms with Crippen molar-refractivity contribution in [2.24, 2.45) is 0 Å². The minimum absolute atomic E-state index is 0.0729. The van der Waals surface area contributed by atoms with Gasteiger partial charge >= 0.3 is 0 Å². The number of thioether (sulfide) groups is 1. The van der Waals surface area contributed by atoms with Gasteiger partial charge in [0.05, 0.1) is 0 Å². The number of carbonyl (C=O) groups is 1. The normalized spacial score (nSPS) is 14.4. The molecule has 0 spiro atoms. The minimum atomic E-state index is 0.0729. The average molecular weight is 399 g/mol. The minimum Gasteiger partial charge on any atom is -0.352 e. The molecule has 0 saturated carbocycles. The van der Waals surface area contributed by atoms with E-state index in [4.69, 9.17) is 0 Å². The molecule has 1 aromatic carbocycles. The fourth-order valence-corrected chi connectivity index (χ4v) is 4.20. The highest BCUT2D eigenvalue weighted by molar-refractivity contribution is 7.98. The molecule has 1 saturated heterocycles. The molecule has 0 unspecified atom stereocenters. The zero-order valence-electron chi connectivity index (χ0n) is 17.1. The Kier molecular flexibility index (Phi) is 7.45. The number of benzene rings is 1. The summed E-state index contributed by atoms with van der Waals surface area (Å²) < 4.78 is 0. The lowest BCUT2D eigenvalue weighted by Crippen LogP contribution is -2.25. The third kappa shape index (κ3) is 5.55. The second-order valence-electron chi connectivity index (χ2n) is 7.39. The number of carbonyl (C=O) groups excluding carboxylic acids is 1. The Hall–Kier alpha value is -1.92. The molecule has 1 amide bonds. The fraction of sp³-hybridized carbons (Fsp3) is 0.500. The van der Waals surface area contributed by atoms with Crippen LogP contribution in [0.1, 0.15) is 47.3 Å². The average Bonchev–Trinajstić information content (AvgIpc) is 3.19. The van der Waals surface area contributed by atoms with Crippen LogP contribution in [-0.2, 0) is 24.3 Å². The predicted octanol–water partition coefficient (Wildman–Crippen LogP) is 3.66. The first-order valence-corrected chi connectivity index (χ1v) is 11.2.